The van der Waals surface area contributed by atoms with Crippen molar-refractivity contribution in [2.75, 3.05) is 0 Å². The van der Waals surface area contributed by atoms with Crippen LogP contribution in [0.25, 0.3) is 0 Å². The number of rotatable bonds is 5. The Kier molecular flexibility index (Phi) is 4.58. The Morgan fingerprint density at radius 1 is 1.20 bits per heavy atom. The zero-order chi connectivity index (χ0) is 14.5. The fourth-order valence-corrected chi connectivity index (χ4v) is 2.13. The number of halogens is 1. The lowest BCUT2D eigenvalue weighted by molar-refractivity contribution is -0.385. The maximum atomic E-state index is 11.0. The average molecular weight is 292 g/mol. The largest absolute Gasteiger partial charge is 0.450 e. The molecule has 0 aliphatic heterocycles. The van der Waals surface area contributed by atoms with Crippen LogP contribution in [0.3, 0.4) is 0 Å². The summed E-state index contributed by atoms with van der Waals surface area (Å²) < 4.78 is 5.56. The van der Waals surface area contributed by atoms with Crippen LogP contribution in [0, 0.1) is 10.1 Å². The van der Waals surface area contributed by atoms with E-state index in [1.54, 1.807) is 18.2 Å². The van der Waals surface area contributed by atoms with Crippen LogP contribution in [0.1, 0.15) is 18.9 Å². The molecule has 2 aromatic rings. The number of hydrogen-bond acceptors (Lipinski definition) is 3. The zero-order valence-corrected chi connectivity index (χ0v) is 11.8. The van der Waals surface area contributed by atoms with E-state index in [-0.39, 0.29) is 16.5 Å². The van der Waals surface area contributed by atoms with Gasteiger partial charge in [-0.3, -0.25) is 10.1 Å². The number of nitro benzene ring substituents is 1. The van der Waals surface area contributed by atoms with E-state index in [0.29, 0.717) is 5.75 Å². The van der Waals surface area contributed by atoms with E-state index < -0.39 is 4.92 Å². The van der Waals surface area contributed by atoms with Gasteiger partial charge in [-0.05, 0) is 36.2 Å². The summed E-state index contributed by atoms with van der Waals surface area (Å²) in [4.78, 5) is 10.5. The molecule has 0 heterocycles. The highest BCUT2D eigenvalue weighted by atomic mass is 35.5. The number of nitrogens with zero attached hydrogens (tertiary/aromatic N) is 1. The number of para-hydroxylation sites is 1. The lowest BCUT2D eigenvalue weighted by Crippen LogP contribution is -1.94. The highest BCUT2D eigenvalue weighted by Crippen LogP contribution is 2.36. The van der Waals surface area contributed by atoms with Crippen LogP contribution in [0.2, 0.25) is 5.02 Å². The van der Waals surface area contributed by atoms with Gasteiger partial charge in [0.15, 0.2) is 0 Å². The van der Waals surface area contributed by atoms with Gasteiger partial charge >= 0.3 is 5.69 Å². The molecule has 0 aromatic heterocycles. The molecule has 2 rings (SSSR count). The van der Waals surface area contributed by atoms with Crippen molar-refractivity contribution in [1.82, 2.24) is 0 Å². The predicted molar refractivity (Wildman–Crippen MR) is 78.6 cm³/mol. The minimum Gasteiger partial charge on any atom is -0.450 e. The lowest BCUT2D eigenvalue weighted by Gasteiger charge is -2.07. The van der Waals surface area contributed by atoms with E-state index in [9.17, 15) is 10.1 Å². The van der Waals surface area contributed by atoms with E-state index in [4.69, 9.17) is 16.3 Å². The van der Waals surface area contributed by atoms with Crippen LogP contribution in [0.15, 0.2) is 42.5 Å². The molecule has 0 bridgehead atoms. The van der Waals surface area contributed by atoms with Crippen LogP contribution >= 0.6 is 11.6 Å². The van der Waals surface area contributed by atoms with Crippen LogP contribution in [0.5, 0.6) is 11.5 Å². The number of benzene rings is 2. The zero-order valence-electron chi connectivity index (χ0n) is 11.0. The molecule has 0 saturated carbocycles. The highest BCUT2D eigenvalue weighted by Gasteiger charge is 2.20. The first-order valence-corrected chi connectivity index (χ1v) is 6.69. The van der Waals surface area contributed by atoms with Gasteiger partial charge in [0, 0.05) is 0 Å². The molecular weight excluding hydrogens is 278 g/mol. The third-order valence-electron chi connectivity index (χ3n) is 2.82. The molecule has 20 heavy (non-hydrogen) atoms. The number of aryl methyl sites for hydroxylation is 1. The third kappa shape index (κ3) is 3.27. The number of nitro groups is 1. The molecular formula is C15H14ClNO3. The van der Waals surface area contributed by atoms with E-state index in [0.717, 1.165) is 12.8 Å². The van der Waals surface area contributed by atoms with E-state index in [2.05, 4.69) is 6.92 Å². The molecule has 0 unspecified atom stereocenters. The Morgan fingerprint density at radius 2 is 1.90 bits per heavy atom. The number of hydrogen-bond donors (Lipinski definition) is 0. The van der Waals surface area contributed by atoms with Gasteiger partial charge in [-0.15, -0.1) is 0 Å². The van der Waals surface area contributed by atoms with Gasteiger partial charge in [0.05, 0.1) is 4.92 Å². The Morgan fingerprint density at radius 3 is 2.50 bits per heavy atom. The van der Waals surface area contributed by atoms with Gasteiger partial charge in [0.2, 0.25) is 5.75 Å². The minimum absolute atomic E-state index is 0.0649. The maximum Gasteiger partial charge on any atom is 0.329 e. The molecule has 0 aliphatic carbocycles. The molecule has 0 fully saturated rings. The molecule has 0 atom stereocenters. The van der Waals surface area contributed by atoms with Crippen LogP contribution in [-0.2, 0) is 6.42 Å². The summed E-state index contributed by atoms with van der Waals surface area (Å²) in [6.45, 7) is 2.11. The molecule has 0 saturated heterocycles. The van der Waals surface area contributed by atoms with Crippen molar-refractivity contribution in [2.45, 2.75) is 19.8 Å². The molecule has 0 amide bonds. The van der Waals surface area contributed by atoms with Crippen molar-refractivity contribution >= 4 is 17.3 Å². The summed E-state index contributed by atoms with van der Waals surface area (Å²) in [5.41, 5.74) is 0.993. The second-order valence-corrected chi connectivity index (χ2v) is 4.75. The second kappa shape index (κ2) is 6.39. The van der Waals surface area contributed by atoms with Gasteiger partial charge in [0.25, 0.3) is 0 Å². The fourth-order valence-electron chi connectivity index (χ4n) is 1.89. The summed E-state index contributed by atoms with van der Waals surface area (Å²) in [6, 6.07) is 12.1. The van der Waals surface area contributed by atoms with Crippen LogP contribution in [0.4, 0.5) is 5.69 Å². The average Bonchev–Trinajstić information content (AvgIpc) is 2.41. The maximum absolute atomic E-state index is 11.0. The first kappa shape index (κ1) is 14.3. The summed E-state index contributed by atoms with van der Waals surface area (Å²) in [5.74, 6) is 0.695. The van der Waals surface area contributed by atoms with Crippen molar-refractivity contribution in [3.8, 4) is 11.5 Å². The first-order valence-electron chi connectivity index (χ1n) is 6.31. The van der Waals surface area contributed by atoms with Gasteiger partial charge in [0.1, 0.15) is 10.8 Å². The van der Waals surface area contributed by atoms with Gasteiger partial charge in [-0.1, -0.05) is 43.1 Å². The first-order chi connectivity index (χ1) is 9.61. The Hall–Kier alpha value is -2.07. The minimum atomic E-state index is -0.539. The van der Waals surface area contributed by atoms with Crippen LogP contribution in [-0.4, -0.2) is 4.92 Å². The van der Waals surface area contributed by atoms with E-state index >= 15 is 0 Å². The quantitative estimate of drug-likeness (QED) is 0.576. The van der Waals surface area contributed by atoms with Gasteiger partial charge < -0.3 is 4.74 Å². The highest BCUT2D eigenvalue weighted by molar-refractivity contribution is 6.32. The summed E-state index contributed by atoms with van der Waals surface area (Å²) >= 11 is 5.84. The molecule has 5 heteroatoms. The van der Waals surface area contributed by atoms with Crippen molar-refractivity contribution < 1.29 is 9.66 Å². The van der Waals surface area contributed by atoms with Gasteiger partial charge in [-0.25, -0.2) is 0 Å². The fraction of sp³-hybridized carbons (Fsp3) is 0.200. The summed E-state index contributed by atoms with van der Waals surface area (Å²) in [7, 11) is 0. The van der Waals surface area contributed by atoms with Crippen molar-refractivity contribution in [2.24, 2.45) is 0 Å². The normalized spacial score (nSPS) is 10.3. The van der Waals surface area contributed by atoms with Gasteiger partial charge in [-0.2, -0.15) is 0 Å². The van der Waals surface area contributed by atoms with Crippen molar-refractivity contribution in [3.63, 3.8) is 0 Å². The topological polar surface area (TPSA) is 52.4 Å². The van der Waals surface area contributed by atoms with Crippen molar-refractivity contribution in [1.29, 1.82) is 0 Å². The molecule has 0 spiro atoms. The Bertz CT molecular complexity index is 611. The summed E-state index contributed by atoms with van der Waals surface area (Å²) in [5, 5.41) is 11.1. The van der Waals surface area contributed by atoms with E-state index in [1.165, 1.54) is 17.7 Å². The van der Waals surface area contributed by atoms with Crippen molar-refractivity contribution in [3.05, 3.63) is 63.2 Å². The monoisotopic (exact) mass is 291 g/mol. The second-order valence-electron chi connectivity index (χ2n) is 4.34. The molecule has 0 N–H and O–H groups in total. The third-order valence-corrected chi connectivity index (χ3v) is 3.13. The van der Waals surface area contributed by atoms with Crippen LogP contribution < -0.4 is 4.74 Å². The smallest absolute Gasteiger partial charge is 0.329 e. The molecule has 4 nitrogen and oxygen atoms in total. The van der Waals surface area contributed by atoms with E-state index in [1.807, 2.05) is 12.1 Å². The number of ether oxygens (including phenoxy) is 1. The molecule has 104 valence electrons. The molecule has 0 radical (unpaired) electrons. The molecule has 0 aliphatic rings. The predicted octanol–water partition coefficient (Wildman–Crippen LogP) is 4.99. The standard InChI is InChI=1S/C15H14ClNO3/c1-2-4-11-7-9-12(10-8-11)20-14-6-3-5-13(16)15(14)17(18)19/h3,5-10H,2,4H2,1H3. The SMILES string of the molecule is CCCc1ccc(Oc2cccc(Cl)c2[N+](=O)[O-])cc1. The lowest BCUT2D eigenvalue weighted by atomic mass is 10.1. The molecule has 2 aromatic carbocycles. The Balaban J connectivity index is 2.26. The Labute approximate surface area is 122 Å². The summed E-state index contributed by atoms with van der Waals surface area (Å²) in [6.07, 6.45) is 2.07.